The molecule has 2 unspecified atom stereocenters. The normalized spacial score (nSPS) is 19.9. The van der Waals surface area contributed by atoms with E-state index in [9.17, 15) is 0 Å². The van der Waals surface area contributed by atoms with E-state index in [4.69, 9.17) is 0 Å². The molecular formula is C15H23N5. The van der Waals surface area contributed by atoms with Crippen molar-refractivity contribution >= 4 is 0 Å². The Kier molecular flexibility index (Phi) is 3.61. The largest absolute Gasteiger partial charge is 0.303 e. The van der Waals surface area contributed by atoms with Crippen LogP contribution < -0.4 is 5.32 Å². The number of aromatic nitrogens is 4. The quantitative estimate of drug-likeness (QED) is 0.930. The van der Waals surface area contributed by atoms with Gasteiger partial charge in [-0.25, -0.2) is 0 Å². The van der Waals surface area contributed by atoms with Gasteiger partial charge in [0.2, 0.25) is 0 Å². The first-order chi connectivity index (χ1) is 9.69. The predicted molar refractivity (Wildman–Crippen MR) is 78.3 cm³/mol. The zero-order valence-corrected chi connectivity index (χ0v) is 12.5. The summed E-state index contributed by atoms with van der Waals surface area (Å²) in [5.74, 6) is 0. The lowest BCUT2D eigenvalue weighted by Gasteiger charge is -2.26. The van der Waals surface area contributed by atoms with E-state index in [1.807, 2.05) is 28.8 Å². The third-order valence-electron chi connectivity index (χ3n) is 4.30. The molecule has 2 atom stereocenters. The Hall–Kier alpha value is -1.62. The summed E-state index contributed by atoms with van der Waals surface area (Å²) in [6.07, 6.45) is 9.68. The van der Waals surface area contributed by atoms with Crippen molar-refractivity contribution in [2.75, 3.05) is 0 Å². The van der Waals surface area contributed by atoms with Crippen LogP contribution in [0.5, 0.6) is 0 Å². The van der Waals surface area contributed by atoms with Gasteiger partial charge in [0, 0.05) is 48.7 Å². The Morgan fingerprint density at radius 1 is 1.40 bits per heavy atom. The lowest BCUT2D eigenvalue weighted by Crippen LogP contribution is -2.27. The highest BCUT2D eigenvalue weighted by Gasteiger charge is 2.24. The fourth-order valence-corrected chi connectivity index (χ4v) is 3.05. The number of nitrogens with zero attached hydrogens (tertiary/aromatic N) is 4. The first-order valence-electron chi connectivity index (χ1n) is 7.48. The van der Waals surface area contributed by atoms with Crippen molar-refractivity contribution in [2.24, 2.45) is 7.05 Å². The number of aryl methyl sites for hydroxylation is 2. The van der Waals surface area contributed by atoms with E-state index in [0.29, 0.717) is 12.1 Å². The number of rotatable bonds is 4. The molecule has 0 spiro atoms. The Balaban J connectivity index is 1.75. The second kappa shape index (κ2) is 5.40. The first kappa shape index (κ1) is 13.4. The minimum atomic E-state index is 0.312. The molecule has 0 fully saturated rings. The van der Waals surface area contributed by atoms with Crippen molar-refractivity contribution < 1.29 is 0 Å². The molecule has 1 N–H and O–H groups in total. The van der Waals surface area contributed by atoms with Crippen LogP contribution in [0.1, 0.15) is 55.6 Å². The van der Waals surface area contributed by atoms with Crippen LogP contribution in [0.4, 0.5) is 0 Å². The van der Waals surface area contributed by atoms with Gasteiger partial charge in [0.25, 0.3) is 0 Å². The molecule has 20 heavy (non-hydrogen) atoms. The highest BCUT2D eigenvalue weighted by atomic mass is 15.3. The van der Waals surface area contributed by atoms with Gasteiger partial charge in [0.1, 0.15) is 0 Å². The monoisotopic (exact) mass is 273 g/mol. The molecule has 2 aromatic heterocycles. The maximum atomic E-state index is 4.41. The first-order valence-corrected chi connectivity index (χ1v) is 7.48. The summed E-state index contributed by atoms with van der Waals surface area (Å²) in [6.45, 7) is 5.24. The van der Waals surface area contributed by atoms with Crippen LogP contribution in [0.15, 0.2) is 18.6 Å². The summed E-state index contributed by atoms with van der Waals surface area (Å²) in [4.78, 5) is 0. The van der Waals surface area contributed by atoms with E-state index in [1.165, 1.54) is 29.7 Å². The molecular weight excluding hydrogens is 250 g/mol. The summed E-state index contributed by atoms with van der Waals surface area (Å²) < 4.78 is 3.99. The van der Waals surface area contributed by atoms with Gasteiger partial charge in [-0.15, -0.1) is 0 Å². The molecule has 108 valence electrons. The molecule has 0 radical (unpaired) electrons. The second-order valence-electron chi connectivity index (χ2n) is 5.63. The van der Waals surface area contributed by atoms with Crippen LogP contribution in [0.2, 0.25) is 0 Å². The second-order valence-corrected chi connectivity index (χ2v) is 5.63. The van der Waals surface area contributed by atoms with Crippen LogP contribution in [-0.2, 0) is 20.0 Å². The van der Waals surface area contributed by atoms with Crippen molar-refractivity contribution in [2.45, 2.75) is 51.7 Å². The Morgan fingerprint density at radius 2 is 2.25 bits per heavy atom. The summed E-state index contributed by atoms with van der Waals surface area (Å²) in [5, 5.41) is 12.5. The molecule has 1 aliphatic carbocycles. The number of fused-ring (bicyclic) bond motifs is 1. The van der Waals surface area contributed by atoms with Gasteiger partial charge in [-0.05, 0) is 33.1 Å². The van der Waals surface area contributed by atoms with E-state index in [1.54, 1.807) is 0 Å². The van der Waals surface area contributed by atoms with E-state index < -0.39 is 0 Å². The lowest BCUT2D eigenvalue weighted by atomic mass is 9.92. The van der Waals surface area contributed by atoms with E-state index in [2.05, 4.69) is 35.6 Å². The minimum Gasteiger partial charge on any atom is -0.303 e. The molecule has 1 aliphatic rings. The molecule has 2 aromatic rings. The van der Waals surface area contributed by atoms with Gasteiger partial charge in [0.15, 0.2) is 0 Å². The van der Waals surface area contributed by atoms with Gasteiger partial charge in [0.05, 0.1) is 12.4 Å². The number of hydrogen-bond donors (Lipinski definition) is 1. The third kappa shape index (κ3) is 2.38. The molecule has 2 heterocycles. The van der Waals surface area contributed by atoms with Gasteiger partial charge in [-0.1, -0.05) is 0 Å². The summed E-state index contributed by atoms with van der Waals surface area (Å²) >= 11 is 0. The smallest absolute Gasteiger partial charge is 0.0540 e. The zero-order chi connectivity index (χ0) is 14.1. The van der Waals surface area contributed by atoms with E-state index in [0.717, 1.165) is 13.0 Å². The van der Waals surface area contributed by atoms with Crippen LogP contribution in [0.25, 0.3) is 0 Å². The summed E-state index contributed by atoms with van der Waals surface area (Å²) in [7, 11) is 2.04. The van der Waals surface area contributed by atoms with Crippen molar-refractivity contribution in [3.05, 3.63) is 35.4 Å². The van der Waals surface area contributed by atoms with Crippen molar-refractivity contribution in [1.29, 1.82) is 0 Å². The molecule has 0 amide bonds. The maximum absolute atomic E-state index is 4.41. The SMILES string of the molecule is CCn1cc(C(C)NC2CCCc3c2cnn3C)cn1. The molecule has 0 aromatic carbocycles. The van der Waals surface area contributed by atoms with E-state index in [-0.39, 0.29) is 0 Å². The molecule has 5 nitrogen and oxygen atoms in total. The maximum Gasteiger partial charge on any atom is 0.0540 e. The average Bonchev–Trinajstić information content (AvgIpc) is 3.07. The lowest BCUT2D eigenvalue weighted by molar-refractivity contribution is 0.411. The minimum absolute atomic E-state index is 0.312. The zero-order valence-electron chi connectivity index (χ0n) is 12.5. The molecule has 3 rings (SSSR count). The fraction of sp³-hybridized carbons (Fsp3) is 0.600. The van der Waals surface area contributed by atoms with Crippen molar-refractivity contribution in [1.82, 2.24) is 24.9 Å². The summed E-state index contributed by atoms with van der Waals surface area (Å²) in [6, 6.07) is 0.721. The van der Waals surface area contributed by atoms with Crippen molar-refractivity contribution in [3.63, 3.8) is 0 Å². The van der Waals surface area contributed by atoms with Crippen LogP contribution in [-0.4, -0.2) is 19.6 Å². The number of hydrogen-bond acceptors (Lipinski definition) is 3. The Morgan fingerprint density at radius 3 is 3.00 bits per heavy atom. The predicted octanol–water partition coefficient (Wildman–Crippen LogP) is 2.36. The Bertz CT molecular complexity index is 583. The molecule has 0 saturated carbocycles. The van der Waals surface area contributed by atoms with Crippen molar-refractivity contribution in [3.8, 4) is 0 Å². The topological polar surface area (TPSA) is 47.7 Å². The van der Waals surface area contributed by atoms with Crippen LogP contribution in [0, 0.1) is 0 Å². The standard InChI is InChI=1S/C15H23N5/c1-4-20-10-12(8-17-20)11(2)18-14-6-5-7-15-13(14)9-16-19(15)3/h8-11,14,18H,4-7H2,1-3H3. The number of nitrogens with one attached hydrogen (secondary N) is 1. The molecule has 0 saturated heterocycles. The highest BCUT2D eigenvalue weighted by molar-refractivity contribution is 5.25. The molecule has 0 bridgehead atoms. The fourth-order valence-electron chi connectivity index (χ4n) is 3.05. The third-order valence-corrected chi connectivity index (χ3v) is 4.30. The van der Waals surface area contributed by atoms with Gasteiger partial charge >= 0.3 is 0 Å². The average molecular weight is 273 g/mol. The molecule has 0 aliphatic heterocycles. The van der Waals surface area contributed by atoms with Gasteiger partial charge < -0.3 is 5.32 Å². The summed E-state index contributed by atoms with van der Waals surface area (Å²) in [5.41, 5.74) is 4.00. The van der Waals surface area contributed by atoms with Gasteiger partial charge in [-0.3, -0.25) is 9.36 Å². The van der Waals surface area contributed by atoms with E-state index >= 15 is 0 Å². The van der Waals surface area contributed by atoms with Gasteiger partial charge in [-0.2, -0.15) is 10.2 Å². The van der Waals surface area contributed by atoms with Crippen LogP contribution >= 0.6 is 0 Å². The molecule has 5 heteroatoms. The Labute approximate surface area is 120 Å². The highest BCUT2D eigenvalue weighted by Crippen LogP contribution is 2.31. The van der Waals surface area contributed by atoms with Crippen LogP contribution in [0.3, 0.4) is 0 Å².